The Morgan fingerprint density at radius 1 is 1.55 bits per heavy atom. The summed E-state index contributed by atoms with van der Waals surface area (Å²) < 4.78 is 36.8. The number of aromatic nitrogens is 1. The van der Waals surface area contributed by atoms with Gasteiger partial charge in [-0.15, -0.1) is 0 Å². The van der Waals surface area contributed by atoms with Crippen LogP contribution in [0.1, 0.15) is 23.2 Å². The molecule has 1 aliphatic rings. The lowest BCUT2D eigenvalue weighted by molar-refractivity contribution is 0.0576. The minimum atomic E-state index is -2.67. The number of hydrogen-bond donors (Lipinski definition) is 0. The van der Waals surface area contributed by atoms with Gasteiger partial charge in [0.25, 0.3) is 12.0 Å². The van der Waals surface area contributed by atoms with E-state index in [-0.39, 0.29) is 24.2 Å². The van der Waals surface area contributed by atoms with Crippen LogP contribution < -0.4 is 9.74 Å². The Balaban J connectivity index is 2.55. The highest BCUT2D eigenvalue weighted by atomic mass is 127. The Bertz CT molecular complexity index is 588. The van der Waals surface area contributed by atoms with E-state index in [9.17, 15) is 18.4 Å². The Hall–Kier alpha value is -0.840. The van der Waals surface area contributed by atoms with E-state index in [2.05, 4.69) is 4.74 Å². The Morgan fingerprint density at radius 2 is 2.20 bits per heavy atom. The first kappa shape index (κ1) is 15.5. The van der Waals surface area contributed by atoms with Crippen LogP contribution in [0, 0.1) is 0 Å². The summed E-state index contributed by atoms with van der Waals surface area (Å²) >= 11 is 1.82. The van der Waals surface area contributed by atoms with Crippen molar-refractivity contribution in [3.8, 4) is 5.75 Å². The first-order valence-corrected chi connectivity index (χ1v) is 8.83. The van der Waals surface area contributed by atoms with Gasteiger partial charge in [-0.1, -0.05) is 0 Å². The third-order valence-electron chi connectivity index (χ3n) is 3.19. The standard InChI is InChI=1S/C11H10F2INO4S/c1-18-9(17)6-5-15(11(2-3-11)10(12)13)8(16)4-7(6)19-20-14/h4-5,10H,2-3H2,1H3. The summed E-state index contributed by atoms with van der Waals surface area (Å²) in [4.78, 5) is 23.6. The van der Waals surface area contributed by atoms with Crippen LogP contribution in [0.3, 0.4) is 0 Å². The van der Waals surface area contributed by atoms with Gasteiger partial charge in [-0.25, -0.2) is 13.6 Å². The maximum Gasteiger partial charge on any atom is 0.343 e. The van der Waals surface area contributed by atoms with Gasteiger partial charge in [0.05, 0.1) is 7.11 Å². The van der Waals surface area contributed by atoms with Crippen LogP contribution in [-0.4, -0.2) is 24.1 Å². The molecule has 20 heavy (non-hydrogen) atoms. The lowest BCUT2D eigenvalue weighted by Gasteiger charge is -2.19. The van der Waals surface area contributed by atoms with Crippen molar-refractivity contribution in [3.05, 3.63) is 28.2 Å². The van der Waals surface area contributed by atoms with Crippen LogP contribution in [0.15, 0.2) is 17.1 Å². The second-order valence-electron chi connectivity index (χ2n) is 4.30. The summed E-state index contributed by atoms with van der Waals surface area (Å²) in [6.07, 6.45) is -1.18. The topological polar surface area (TPSA) is 57.5 Å². The zero-order valence-electron chi connectivity index (χ0n) is 10.3. The molecular weight excluding hydrogens is 407 g/mol. The molecule has 0 aliphatic heterocycles. The predicted molar refractivity (Wildman–Crippen MR) is 77.5 cm³/mol. The monoisotopic (exact) mass is 417 g/mol. The molecule has 0 bridgehead atoms. The van der Waals surface area contributed by atoms with Gasteiger partial charge in [0.1, 0.15) is 20.3 Å². The molecule has 0 aromatic carbocycles. The molecule has 0 radical (unpaired) electrons. The number of rotatable bonds is 5. The van der Waals surface area contributed by atoms with E-state index in [1.54, 1.807) is 0 Å². The zero-order chi connectivity index (χ0) is 14.9. The van der Waals surface area contributed by atoms with Crippen molar-refractivity contribution in [3.63, 3.8) is 0 Å². The number of halogens is 3. The minimum Gasteiger partial charge on any atom is -0.465 e. The van der Waals surface area contributed by atoms with Crippen molar-refractivity contribution in [2.24, 2.45) is 0 Å². The molecule has 0 unspecified atom stereocenters. The van der Waals surface area contributed by atoms with Crippen molar-refractivity contribution in [2.45, 2.75) is 24.8 Å². The number of nitrogens with zero attached hydrogens (tertiary/aromatic N) is 1. The van der Waals surface area contributed by atoms with Crippen LogP contribution in [0.2, 0.25) is 0 Å². The van der Waals surface area contributed by atoms with Crippen molar-refractivity contribution >= 4 is 36.4 Å². The van der Waals surface area contributed by atoms with Gasteiger partial charge in [-0.2, -0.15) is 0 Å². The fourth-order valence-corrected chi connectivity index (χ4v) is 2.71. The second kappa shape index (κ2) is 5.88. The molecule has 0 amide bonds. The lowest BCUT2D eigenvalue weighted by atomic mass is 10.2. The molecular formula is C11H10F2INO4S. The van der Waals surface area contributed by atoms with E-state index in [4.69, 9.17) is 4.18 Å². The molecule has 1 saturated carbocycles. The van der Waals surface area contributed by atoms with E-state index in [0.717, 1.165) is 26.0 Å². The quantitative estimate of drug-likeness (QED) is 0.419. The molecule has 1 fully saturated rings. The Kier molecular flexibility index (Phi) is 4.57. The number of pyridine rings is 1. The van der Waals surface area contributed by atoms with Gasteiger partial charge >= 0.3 is 5.97 Å². The lowest BCUT2D eigenvalue weighted by Crippen LogP contribution is -2.35. The first-order chi connectivity index (χ1) is 9.46. The van der Waals surface area contributed by atoms with Gasteiger partial charge in [0, 0.05) is 33.5 Å². The van der Waals surface area contributed by atoms with E-state index in [1.165, 1.54) is 7.11 Å². The fraction of sp³-hybridized carbons (Fsp3) is 0.455. The summed E-state index contributed by atoms with van der Waals surface area (Å²) in [6.45, 7) is 0. The predicted octanol–water partition coefficient (Wildman–Crippen LogP) is 2.77. The van der Waals surface area contributed by atoms with Gasteiger partial charge in [-0.3, -0.25) is 4.79 Å². The maximum absolute atomic E-state index is 13.1. The van der Waals surface area contributed by atoms with Crippen molar-refractivity contribution in [2.75, 3.05) is 7.11 Å². The SMILES string of the molecule is COC(=O)c1cn(C2(C(F)F)CC2)c(=O)cc1OSI. The van der Waals surface area contributed by atoms with E-state index in [1.807, 2.05) is 21.2 Å². The molecule has 2 rings (SSSR count). The summed E-state index contributed by atoms with van der Waals surface area (Å²) in [5.41, 5.74) is -2.19. The number of esters is 1. The Labute approximate surface area is 129 Å². The van der Waals surface area contributed by atoms with Crippen LogP contribution in [0.5, 0.6) is 5.75 Å². The van der Waals surface area contributed by atoms with Crippen LogP contribution in [-0.2, 0) is 10.3 Å². The van der Waals surface area contributed by atoms with Gasteiger partial charge in [-0.05, 0) is 12.8 Å². The molecule has 5 nitrogen and oxygen atoms in total. The average Bonchev–Trinajstić information content (AvgIpc) is 3.20. The van der Waals surface area contributed by atoms with E-state index >= 15 is 0 Å². The molecule has 1 aliphatic carbocycles. The summed E-state index contributed by atoms with van der Waals surface area (Å²) in [6, 6.07) is 1.03. The molecule has 0 saturated heterocycles. The van der Waals surface area contributed by atoms with Crippen molar-refractivity contribution in [1.82, 2.24) is 4.57 Å². The largest absolute Gasteiger partial charge is 0.465 e. The number of alkyl halides is 2. The zero-order valence-corrected chi connectivity index (χ0v) is 13.2. The average molecular weight is 417 g/mol. The number of ether oxygens (including phenoxy) is 1. The van der Waals surface area contributed by atoms with Crippen LogP contribution in [0.4, 0.5) is 8.78 Å². The minimum absolute atomic E-state index is 0.00238. The second-order valence-corrected chi connectivity index (χ2v) is 5.67. The van der Waals surface area contributed by atoms with Gasteiger partial charge < -0.3 is 13.5 Å². The molecule has 1 heterocycles. The van der Waals surface area contributed by atoms with Gasteiger partial charge in [0.15, 0.2) is 5.75 Å². The Morgan fingerprint density at radius 3 is 2.65 bits per heavy atom. The third-order valence-corrected chi connectivity index (χ3v) is 3.97. The number of methoxy groups -OCH3 is 1. The molecule has 0 N–H and O–H groups in total. The summed E-state index contributed by atoms with van der Waals surface area (Å²) in [7, 11) is 2.07. The summed E-state index contributed by atoms with van der Waals surface area (Å²) in [5, 5.41) is 0. The molecule has 9 heteroatoms. The summed E-state index contributed by atoms with van der Waals surface area (Å²) in [5.74, 6) is -0.744. The molecule has 0 spiro atoms. The normalized spacial score (nSPS) is 16.1. The third kappa shape index (κ3) is 2.65. The highest BCUT2D eigenvalue weighted by Crippen LogP contribution is 2.48. The smallest absolute Gasteiger partial charge is 0.343 e. The highest BCUT2D eigenvalue weighted by molar-refractivity contribution is 14.2. The highest BCUT2D eigenvalue weighted by Gasteiger charge is 2.53. The number of carbonyl (C=O) groups is 1. The van der Waals surface area contributed by atoms with E-state index < -0.39 is 23.5 Å². The fourth-order valence-electron chi connectivity index (χ4n) is 1.92. The maximum atomic E-state index is 13.1. The van der Waals surface area contributed by atoms with Crippen molar-refractivity contribution in [1.29, 1.82) is 0 Å². The van der Waals surface area contributed by atoms with Crippen LogP contribution >= 0.6 is 30.4 Å². The molecule has 110 valence electrons. The van der Waals surface area contributed by atoms with E-state index in [0.29, 0.717) is 0 Å². The molecule has 0 atom stereocenters. The number of hydrogen-bond acceptors (Lipinski definition) is 5. The molecule has 1 aromatic rings. The molecule has 1 aromatic heterocycles. The van der Waals surface area contributed by atoms with Gasteiger partial charge in [0.2, 0.25) is 0 Å². The van der Waals surface area contributed by atoms with Crippen molar-refractivity contribution < 1.29 is 22.5 Å². The number of carbonyl (C=O) groups excluding carboxylic acids is 1. The first-order valence-electron chi connectivity index (χ1n) is 5.55. The van der Waals surface area contributed by atoms with Crippen LogP contribution in [0.25, 0.3) is 0 Å².